The minimum absolute atomic E-state index is 0.0466. The molecule has 0 radical (unpaired) electrons. The zero-order chi connectivity index (χ0) is 18.5. The lowest BCUT2D eigenvalue weighted by Crippen LogP contribution is -2.19. The van der Waals surface area contributed by atoms with Crippen molar-refractivity contribution in [3.8, 4) is 11.3 Å². The van der Waals surface area contributed by atoms with Gasteiger partial charge in [-0.3, -0.25) is 10.3 Å². The molecule has 1 aliphatic heterocycles. The highest BCUT2D eigenvalue weighted by molar-refractivity contribution is 6.34. The lowest BCUT2D eigenvalue weighted by atomic mass is 10.1. The molecule has 136 valence electrons. The molecule has 2 N–H and O–H groups in total. The summed E-state index contributed by atoms with van der Waals surface area (Å²) in [7, 11) is 0. The summed E-state index contributed by atoms with van der Waals surface area (Å²) in [5, 5.41) is 21.9. The summed E-state index contributed by atoms with van der Waals surface area (Å²) in [6.07, 6.45) is 2.39. The second-order valence-electron chi connectivity index (χ2n) is 6.21. The third-order valence-corrected chi connectivity index (χ3v) is 4.48. The maximum atomic E-state index is 10.9. The van der Waals surface area contributed by atoms with Gasteiger partial charge in [-0.15, -0.1) is 10.2 Å². The molecule has 0 bridgehead atoms. The van der Waals surface area contributed by atoms with E-state index >= 15 is 0 Å². The predicted octanol–water partition coefficient (Wildman–Crippen LogP) is 3.27. The Morgan fingerprint density at radius 2 is 1.96 bits per heavy atom. The van der Waals surface area contributed by atoms with Crippen LogP contribution >= 0.6 is 11.6 Å². The quantitative estimate of drug-likeness (QED) is 0.596. The largest absolute Gasteiger partial charge is 0.477 e. The van der Waals surface area contributed by atoms with E-state index < -0.39 is 5.97 Å². The van der Waals surface area contributed by atoms with Crippen LogP contribution in [0.15, 0.2) is 35.4 Å². The lowest BCUT2D eigenvalue weighted by molar-refractivity contribution is -0.129. The highest BCUT2D eigenvalue weighted by Gasteiger charge is 2.17. The Hall–Kier alpha value is -2.51. The second kappa shape index (κ2) is 8.25. The van der Waals surface area contributed by atoms with Gasteiger partial charge in [0.25, 0.3) is 0 Å². The number of hydrogen-bond donors (Lipinski definition) is 2. The number of halogens is 1. The molecule has 0 amide bonds. The first-order valence-corrected chi connectivity index (χ1v) is 8.79. The number of benzene rings is 1. The van der Waals surface area contributed by atoms with Crippen molar-refractivity contribution in [2.75, 3.05) is 18.5 Å². The summed E-state index contributed by atoms with van der Waals surface area (Å²) in [5.41, 5.74) is 5.36. The molecule has 1 aliphatic rings. The van der Waals surface area contributed by atoms with E-state index in [1.54, 1.807) is 0 Å². The maximum Gasteiger partial charge on any atom is 0.351 e. The molecule has 1 fully saturated rings. The Morgan fingerprint density at radius 3 is 2.62 bits per heavy atom. The fraction of sp³-hybridized carbons (Fsp3) is 0.333. The Kier molecular flexibility index (Phi) is 5.80. The summed E-state index contributed by atoms with van der Waals surface area (Å²) in [6, 6.07) is 9.35. The van der Waals surface area contributed by atoms with Crippen LogP contribution in [0.1, 0.15) is 25.3 Å². The number of hydrazone groups is 1. The maximum absolute atomic E-state index is 10.9. The minimum Gasteiger partial charge on any atom is -0.477 e. The normalized spacial score (nSPS) is 15.2. The van der Waals surface area contributed by atoms with Gasteiger partial charge >= 0.3 is 5.97 Å². The smallest absolute Gasteiger partial charge is 0.351 e. The van der Waals surface area contributed by atoms with Crippen molar-refractivity contribution in [2.45, 2.75) is 26.3 Å². The second-order valence-corrected chi connectivity index (χ2v) is 6.64. The molecule has 0 saturated carbocycles. The molecule has 1 aromatic carbocycles. The summed E-state index contributed by atoms with van der Waals surface area (Å²) in [6.45, 7) is 4.28. The fourth-order valence-corrected chi connectivity index (χ4v) is 2.95. The van der Waals surface area contributed by atoms with Crippen LogP contribution in [0.3, 0.4) is 0 Å². The van der Waals surface area contributed by atoms with Gasteiger partial charge in [0.2, 0.25) is 0 Å². The average molecular weight is 374 g/mol. The molecule has 2 heterocycles. The number of rotatable bonds is 6. The number of nitrogens with one attached hydrogen (secondary N) is 1. The third kappa shape index (κ3) is 4.56. The topological polar surface area (TPSA) is 90.7 Å². The van der Waals surface area contributed by atoms with Crippen LogP contribution < -0.4 is 5.43 Å². The van der Waals surface area contributed by atoms with E-state index in [4.69, 9.17) is 16.7 Å². The summed E-state index contributed by atoms with van der Waals surface area (Å²) < 4.78 is 0. The first-order chi connectivity index (χ1) is 12.5. The van der Waals surface area contributed by atoms with Crippen molar-refractivity contribution < 1.29 is 9.90 Å². The van der Waals surface area contributed by atoms with Crippen LogP contribution in [0.25, 0.3) is 11.3 Å². The first-order valence-electron chi connectivity index (χ1n) is 8.41. The molecular weight excluding hydrogens is 354 g/mol. The Morgan fingerprint density at radius 1 is 1.27 bits per heavy atom. The number of hydrogen-bond acceptors (Lipinski definition) is 6. The molecular formula is C18H20ClN5O2. The van der Waals surface area contributed by atoms with Gasteiger partial charge in [0.1, 0.15) is 5.71 Å². The van der Waals surface area contributed by atoms with Crippen molar-refractivity contribution in [1.82, 2.24) is 15.1 Å². The van der Waals surface area contributed by atoms with E-state index in [0.717, 1.165) is 36.5 Å². The van der Waals surface area contributed by atoms with E-state index in [1.165, 1.54) is 19.8 Å². The van der Waals surface area contributed by atoms with Crippen molar-refractivity contribution in [1.29, 1.82) is 0 Å². The van der Waals surface area contributed by atoms with Crippen LogP contribution in [0.2, 0.25) is 5.02 Å². The highest BCUT2D eigenvalue weighted by Crippen LogP contribution is 2.26. The zero-order valence-corrected chi connectivity index (χ0v) is 15.2. The van der Waals surface area contributed by atoms with Gasteiger partial charge in [-0.1, -0.05) is 23.7 Å². The van der Waals surface area contributed by atoms with Gasteiger partial charge in [-0.2, -0.15) is 5.10 Å². The Balaban J connectivity index is 1.91. The van der Waals surface area contributed by atoms with Crippen LogP contribution in [0, 0.1) is 0 Å². The average Bonchev–Trinajstić information content (AvgIpc) is 3.13. The monoisotopic (exact) mass is 373 g/mol. The SMILES string of the molecule is C/C(=N\Nc1cc(CN2CCCC2)c(-c2ccc(Cl)cc2)nn1)C(=O)O. The minimum atomic E-state index is -1.08. The van der Waals surface area contributed by atoms with Crippen LogP contribution in [-0.2, 0) is 11.3 Å². The number of aliphatic carboxylic acids is 1. The van der Waals surface area contributed by atoms with E-state index in [2.05, 4.69) is 25.6 Å². The number of anilines is 1. The molecule has 7 nitrogen and oxygen atoms in total. The van der Waals surface area contributed by atoms with Crippen molar-refractivity contribution in [2.24, 2.45) is 5.10 Å². The summed E-state index contributed by atoms with van der Waals surface area (Å²) in [5.74, 6) is -0.668. The number of nitrogens with zero attached hydrogens (tertiary/aromatic N) is 4. The lowest BCUT2D eigenvalue weighted by Gasteiger charge is -2.17. The molecule has 0 unspecified atom stereocenters. The molecule has 1 aromatic heterocycles. The predicted molar refractivity (Wildman–Crippen MR) is 101 cm³/mol. The molecule has 1 saturated heterocycles. The molecule has 0 aliphatic carbocycles. The van der Waals surface area contributed by atoms with Crippen molar-refractivity contribution in [3.63, 3.8) is 0 Å². The number of likely N-dealkylation sites (tertiary alicyclic amines) is 1. The van der Waals surface area contributed by atoms with Crippen LogP contribution in [0.5, 0.6) is 0 Å². The number of carboxylic acid groups (broad SMARTS) is 1. The fourth-order valence-electron chi connectivity index (χ4n) is 2.83. The number of carbonyl (C=O) groups is 1. The van der Waals surface area contributed by atoms with E-state index in [-0.39, 0.29) is 5.71 Å². The van der Waals surface area contributed by atoms with Gasteiger partial charge in [0.05, 0.1) is 5.69 Å². The Bertz CT molecular complexity index is 817. The Labute approximate surface area is 156 Å². The standard InChI is InChI=1S/C18H20ClN5O2/c1-12(18(25)26)20-21-16-10-14(11-24-8-2-3-9-24)17(23-22-16)13-4-6-15(19)7-5-13/h4-7,10H,2-3,8-9,11H2,1H3,(H,21,22)(H,25,26)/b20-12+. The number of aromatic nitrogens is 2. The van der Waals surface area contributed by atoms with E-state index in [0.29, 0.717) is 10.8 Å². The summed E-state index contributed by atoms with van der Waals surface area (Å²) >= 11 is 5.98. The first kappa shape index (κ1) is 18.3. The van der Waals surface area contributed by atoms with E-state index in [1.807, 2.05) is 30.3 Å². The molecule has 0 spiro atoms. The number of carboxylic acids is 1. The van der Waals surface area contributed by atoms with Gasteiger partial charge in [-0.05, 0) is 56.6 Å². The molecule has 8 heteroatoms. The van der Waals surface area contributed by atoms with Gasteiger partial charge in [-0.25, -0.2) is 4.79 Å². The molecule has 26 heavy (non-hydrogen) atoms. The molecule has 0 atom stereocenters. The van der Waals surface area contributed by atoms with E-state index in [9.17, 15) is 4.79 Å². The molecule has 2 aromatic rings. The molecule has 3 rings (SSSR count). The van der Waals surface area contributed by atoms with Crippen molar-refractivity contribution >= 4 is 29.1 Å². The van der Waals surface area contributed by atoms with Crippen LogP contribution in [-0.4, -0.2) is 45.0 Å². The zero-order valence-electron chi connectivity index (χ0n) is 14.4. The van der Waals surface area contributed by atoms with Crippen molar-refractivity contribution in [3.05, 3.63) is 40.9 Å². The third-order valence-electron chi connectivity index (χ3n) is 4.23. The van der Waals surface area contributed by atoms with Crippen LogP contribution in [0.4, 0.5) is 5.82 Å². The summed E-state index contributed by atoms with van der Waals surface area (Å²) in [4.78, 5) is 13.2. The van der Waals surface area contributed by atoms with Gasteiger partial charge in [0, 0.05) is 17.1 Å². The highest BCUT2D eigenvalue weighted by atomic mass is 35.5. The van der Waals surface area contributed by atoms with Gasteiger partial charge in [0.15, 0.2) is 5.82 Å². The van der Waals surface area contributed by atoms with Gasteiger partial charge < -0.3 is 5.11 Å².